The summed E-state index contributed by atoms with van der Waals surface area (Å²) in [5, 5.41) is 10.5. The topological polar surface area (TPSA) is 91.2 Å². The molecular formula is C9H11N3O3. The second-order valence-electron chi connectivity index (χ2n) is 3.08. The number of pyridine rings is 1. The molecule has 0 bridgehead atoms. The highest BCUT2D eigenvalue weighted by molar-refractivity contribution is 5.25. The van der Waals surface area contributed by atoms with Crippen LogP contribution >= 0.6 is 0 Å². The molecule has 0 aliphatic rings. The van der Waals surface area contributed by atoms with Gasteiger partial charge >= 0.3 is 5.69 Å². The Morgan fingerprint density at radius 2 is 2.33 bits per heavy atom. The van der Waals surface area contributed by atoms with E-state index in [1.807, 2.05) is 0 Å². The predicted molar refractivity (Wildman–Crippen MR) is 55.6 cm³/mol. The Balaban J connectivity index is 3.03. The molecule has 0 unspecified atom stereocenters. The maximum Gasteiger partial charge on any atom is 0.332 e. The zero-order valence-corrected chi connectivity index (χ0v) is 8.05. The number of hydrogen-bond acceptors (Lipinski definition) is 4. The second-order valence-corrected chi connectivity index (χ2v) is 3.08. The fourth-order valence-electron chi connectivity index (χ4n) is 1.07. The van der Waals surface area contributed by atoms with Crippen LogP contribution < -0.4 is 11.2 Å². The highest BCUT2D eigenvalue weighted by Gasteiger charge is 2.11. The molecule has 0 amide bonds. The molecule has 0 saturated carbocycles. The molecule has 1 rings (SSSR count). The molecule has 0 atom stereocenters. The summed E-state index contributed by atoms with van der Waals surface area (Å²) >= 11 is 0. The van der Waals surface area contributed by atoms with Crippen LogP contribution in [0, 0.1) is 10.1 Å². The summed E-state index contributed by atoms with van der Waals surface area (Å²) in [5.74, 6) is 0. The lowest BCUT2D eigenvalue weighted by Gasteiger charge is -2.06. The summed E-state index contributed by atoms with van der Waals surface area (Å²) in [6, 6.07) is 1.15. The lowest BCUT2D eigenvalue weighted by atomic mass is 10.3. The molecule has 15 heavy (non-hydrogen) atoms. The number of rotatable bonds is 4. The van der Waals surface area contributed by atoms with E-state index in [-0.39, 0.29) is 0 Å². The van der Waals surface area contributed by atoms with Gasteiger partial charge in [-0.25, -0.2) is 0 Å². The minimum absolute atomic E-state index is 0.305. The first-order valence-corrected chi connectivity index (χ1v) is 4.26. The van der Waals surface area contributed by atoms with E-state index < -0.39 is 16.0 Å². The molecule has 1 heterocycles. The Kier molecular flexibility index (Phi) is 3.35. The van der Waals surface area contributed by atoms with Gasteiger partial charge in [0.1, 0.15) is 0 Å². The van der Waals surface area contributed by atoms with Gasteiger partial charge in [0, 0.05) is 25.4 Å². The van der Waals surface area contributed by atoms with Crippen LogP contribution in [0.3, 0.4) is 0 Å². The Morgan fingerprint density at radius 1 is 1.67 bits per heavy atom. The van der Waals surface area contributed by atoms with Crippen LogP contribution in [-0.4, -0.2) is 16.0 Å². The van der Waals surface area contributed by atoms with Crippen LogP contribution in [0.4, 0.5) is 5.69 Å². The molecule has 0 spiro atoms. The highest BCUT2D eigenvalue weighted by atomic mass is 16.6. The van der Waals surface area contributed by atoms with Crippen molar-refractivity contribution in [3.63, 3.8) is 0 Å². The van der Waals surface area contributed by atoms with Crippen LogP contribution in [0.5, 0.6) is 0 Å². The molecule has 6 heteroatoms. The average molecular weight is 209 g/mol. The van der Waals surface area contributed by atoms with Crippen molar-refractivity contribution in [3.8, 4) is 0 Å². The van der Waals surface area contributed by atoms with Gasteiger partial charge in [-0.1, -0.05) is 6.58 Å². The summed E-state index contributed by atoms with van der Waals surface area (Å²) in [6.45, 7) is 4.35. The SMILES string of the molecule is C=C(CN)Cn1ccc(=O)c([N+](=O)[O-])c1. The van der Waals surface area contributed by atoms with E-state index in [2.05, 4.69) is 6.58 Å². The van der Waals surface area contributed by atoms with Crippen molar-refractivity contribution in [2.75, 3.05) is 6.54 Å². The summed E-state index contributed by atoms with van der Waals surface area (Å²) < 4.78 is 1.51. The van der Waals surface area contributed by atoms with Crippen LogP contribution in [-0.2, 0) is 6.54 Å². The molecule has 0 aliphatic carbocycles. The first kappa shape index (κ1) is 11.1. The van der Waals surface area contributed by atoms with Crippen molar-refractivity contribution < 1.29 is 4.92 Å². The fourth-order valence-corrected chi connectivity index (χ4v) is 1.07. The Hall–Kier alpha value is -1.95. The van der Waals surface area contributed by atoms with Crippen molar-refractivity contribution in [1.29, 1.82) is 0 Å². The molecule has 0 aliphatic heterocycles. The summed E-state index contributed by atoms with van der Waals surface area (Å²) in [5.41, 5.74) is 5.02. The standard InChI is InChI=1S/C9H11N3O3/c1-7(4-10)5-11-3-2-9(13)8(6-11)12(14)15/h2-3,6H,1,4-5,10H2. The minimum atomic E-state index is -0.704. The Labute approximate surface area is 85.8 Å². The van der Waals surface area contributed by atoms with E-state index in [1.165, 1.54) is 17.0 Å². The quantitative estimate of drug-likeness (QED) is 0.437. The van der Waals surface area contributed by atoms with Crippen LogP contribution in [0.2, 0.25) is 0 Å². The third kappa shape index (κ3) is 2.75. The first-order chi connectivity index (χ1) is 7.04. The average Bonchev–Trinajstić information content (AvgIpc) is 2.20. The fraction of sp³-hybridized carbons (Fsp3) is 0.222. The van der Waals surface area contributed by atoms with Gasteiger partial charge in [0.2, 0.25) is 0 Å². The maximum atomic E-state index is 11.1. The molecule has 6 nitrogen and oxygen atoms in total. The molecule has 1 aromatic rings. The number of aromatic nitrogens is 1. The summed E-state index contributed by atoms with van der Waals surface area (Å²) in [6.07, 6.45) is 2.65. The molecule has 0 saturated heterocycles. The predicted octanol–water partition coefficient (Wildman–Crippen LogP) is 0.271. The number of hydrogen-bond donors (Lipinski definition) is 1. The zero-order valence-electron chi connectivity index (χ0n) is 8.05. The minimum Gasteiger partial charge on any atom is -0.344 e. The van der Waals surface area contributed by atoms with Gasteiger partial charge in [0.15, 0.2) is 0 Å². The van der Waals surface area contributed by atoms with Gasteiger partial charge in [0.05, 0.1) is 11.1 Å². The number of nitrogens with two attached hydrogens (primary N) is 1. The largest absolute Gasteiger partial charge is 0.344 e. The lowest BCUT2D eigenvalue weighted by Crippen LogP contribution is -2.13. The van der Waals surface area contributed by atoms with E-state index in [0.29, 0.717) is 13.1 Å². The molecular weight excluding hydrogens is 198 g/mol. The maximum absolute atomic E-state index is 11.1. The van der Waals surface area contributed by atoms with Gasteiger partial charge in [-0.15, -0.1) is 0 Å². The van der Waals surface area contributed by atoms with Crippen molar-refractivity contribution in [2.45, 2.75) is 6.54 Å². The van der Waals surface area contributed by atoms with Crippen molar-refractivity contribution in [2.24, 2.45) is 5.73 Å². The van der Waals surface area contributed by atoms with E-state index >= 15 is 0 Å². The third-order valence-electron chi connectivity index (χ3n) is 1.85. The monoisotopic (exact) mass is 209 g/mol. The van der Waals surface area contributed by atoms with E-state index in [9.17, 15) is 14.9 Å². The van der Waals surface area contributed by atoms with Gasteiger partial charge in [-0.2, -0.15) is 0 Å². The van der Waals surface area contributed by atoms with E-state index in [4.69, 9.17) is 5.73 Å². The van der Waals surface area contributed by atoms with Crippen LogP contribution in [0.1, 0.15) is 0 Å². The summed E-state index contributed by atoms with van der Waals surface area (Å²) in [7, 11) is 0. The van der Waals surface area contributed by atoms with E-state index in [0.717, 1.165) is 11.6 Å². The zero-order chi connectivity index (χ0) is 11.4. The van der Waals surface area contributed by atoms with Gasteiger partial charge in [-0.05, 0) is 5.57 Å². The molecule has 2 N–H and O–H groups in total. The van der Waals surface area contributed by atoms with Crippen molar-refractivity contribution in [1.82, 2.24) is 4.57 Å². The van der Waals surface area contributed by atoms with Gasteiger partial charge < -0.3 is 10.3 Å². The van der Waals surface area contributed by atoms with Gasteiger partial charge in [0.25, 0.3) is 5.43 Å². The smallest absolute Gasteiger partial charge is 0.332 e. The van der Waals surface area contributed by atoms with E-state index in [1.54, 1.807) is 0 Å². The molecule has 0 fully saturated rings. The van der Waals surface area contributed by atoms with Crippen LogP contribution in [0.15, 0.2) is 35.4 Å². The van der Waals surface area contributed by atoms with Gasteiger partial charge in [-0.3, -0.25) is 14.9 Å². The molecule has 0 aromatic carbocycles. The lowest BCUT2D eigenvalue weighted by molar-refractivity contribution is -0.386. The highest BCUT2D eigenvalue weighted by Crippen LogP contribution is 2.04. The first-order valence-electron chi connectivity index (χ1n) is 4.26. The molecule has 1 aromatic heterocycles. The molecule has 0 radical (unpaired) electrons. The van der Waals surface area contributed by atoms with Crippen LogP contribution in [0.25, 0.3) is 0 Å². The molecule has 80 valence electrons. The Bertz CT molecular complexity index is 450. The Morgan fingerprint density at radius 3 is 2.87 bits per heavy atom. The normalized spacial score (nSPS) is 9.93. The third-order valence-corrected chi connectivity index (χ3v) is 1.85. The van der Waals surface area contributed by atoms with Crippen molar-refractivity contribution in [3.05, 3.63) is 50.9 Å². The second kappa shape index (κ2) is 4.52. The summed E-state index contributed by atoms with van der Waals surface area (Å²) in [4.78, 5) is 20.8. The number of nitro groups is 1. The number of nitrogens with zero attached hydrogens (tertiary/aromatic N) is 2. The van der Waals surface area contributed by atoms with Crippen molar-refractivity contribution >= 4 is 5.69 Å².